The topological polar surface area (TPSA) is 58.9 Å². The number of hydrogen-bond donors (Lipinski definition) is 2. The molecule has 2 rings (SSSR count). The van der Waals surface area contributed by atoms with Crippen LogP contribution in [0.25, 0.3) is 0 Å². The van der Waals surface area contributed by atoms with Gasteiger partial charge in [-0.05, 0) is 67.5 Å². The molecule has 1 unspecified atom stereocenters. The van der Waals surface area contributed by atoms with Gasteiger partial charge in [-0.2, -0.15) is 0 Å². The average molecular weight is 397 g/mol. The van der Waals surface area contributed by atoms with Crippen molar-refractivity contribution < 1.29 is 19.7 Å². The second-order valence-corrected chi connectivity index (χ2v) is 7.59. The van der Waals surface area contributed by atoms with Gasteiger partial charge in [-0.3, -0.25) is 0 Å². The highest BCUT2D eigenvalue weighted by molar-refractivity contribution is 5.47. The van der Waals surface area contributed by atoms with E-state index in [0.29, 0.717) is 13.0 Å². The van der Waals surface area contributed by atoms with Crippen LogP contribution in [0.5, 0.6) is 11.5 Å². The van der Waals surface area contributed by atoms with Crippen LogP contribution in [0.4, 0.5) is 0 Å². The fourth-order valence-corrected chi connectivity index (χ4v) is 3.59. The molecule has 4 nitrogen and oxygen atoms in total. The summed E-state index contributed by atoms with van der Waals surface area (Å²) in [6.07, 6.45) is 6.32. The molecule has 29 heavy (non-hydrogen) atoms. The average Bonchev–Trinajstić information content (AvgIpc) is 2.63. The molecule has 0 radical (unpaired) electrons. The fourth-order valence-electron chi connectivity index (χ4n) is 3.59. The van der Waals surface area contributed by atoms with E-state index in [1.807, 2.05) is 13.8 Å². The molecule has 0 saturated carbocycles. The highest BCUT2D eigenvalue weighted by Crippen LogP contribution is 2.29. The van der Waals surface area contributed by atoms with E-state index in [1.165, 1.54) is 11.1 Å². The van der Waals surface area contributed by atoms with Crippen molar-refractivity contribution in [2.45, 2.75) is 53.1 Å². The first kappa shape index (κ1) is 22.8. The second kappa shape index (κ2) is 10.9. The molecular weight excluding hydrogens is 364 g/mol. The summed E-state index contributed by atoms with van der Waals surface area (Å²) in [7, 11) is 0. The van der Waals surface area contributed by atoms with Crippen molar-refractivity contribution in [3.63, 3.8) is 0 Å². The SMILES string of the molecule is C#CCC(O)COc1c(C)cc(Cc2cc(C)c(OCCCO)c(C)c2)cc1C. The van der Waals surface area contributed by atoms with Crippen LogP contribution in [0.2, 0.25) is 0 Å². The molecule has 0 aromatic heterocycles. The molecule has 0 amide bonds. The predicted octanol–water partition coefficient (Wildman–Crippen LogP) is 4.04. The van der Waals surface area contributed by atoms with Gasteiger partial charge in [0.25, 0.3) is 0 Å². The smallest absolute Gasteiger partial charge is 0.125 e. The number of benzene rings is 2. The second-order valence-electron chi connectivity index (χ2n) is 7.59. The van der Waals surface area contributed by atoms with E-state index >= 15 is 0 Å². The largest absolute Gasteiger partial charge is 0.493 e. The lowest BCUT2D eigenvalue weighted by Crippen LogP contribution is -2.17. The van der Waals surface area contributed by atoms with Gasteiger partial charge in [0, 0.05) is 19.4 Å². The van der Waals surface area contributed by atoms with Gasteiger partial charge in [0.1, 0.15) is 18.1 Å². The van der Waals surface area contributed by atoms with Gasteiger partial charge in [0.05, 0.1) is 12.7 Å². The van der Waals surface area contributed by atoms with Crippen LogP contribution >= 0.6 is 0 Å². The normalized spacial score (nSPS) is 11.8. The van der Waals surface area contributed by atoms with Gasteiger partial charge in [0.2, 0.25) is 0 Å². The summed E-state index contributed by atoms with van der Waals surface area (Å²) in [5.41, 5.74) is 6.74. The number of rotatable bonds is 10. The Morgan fingerprint density at radius 2 is 1.38 bits per heavy atom. The summed E-state index contributed by atoms with van der Waals surface area (Å²) in [4.78, 5) is 0. The third kappa shape index (κ3) is 6.52. The van der Waals surface area contributed by atoms with Crippen LogP contribution in [0.3, 0.4) is 0 Å². The Morgan fingerprint density at radius 1 is 0.897 bits per heavy atom. The molecule has 0 fully saturated rings. The minimum absolute atomic E-state index is 0.136. The molecule has 2 aromatic carbocycles. The molecule has 0 spiro atoms. The number of aliphatic hydroxyl groups is 2. The van der Waals surface area contributed by atoms with Crippen molar-refractivity contribution in [1.29, 1.82) is 0 Å². The van der Waals surface area contributed by atoms with Crippen LogP contribution in [0.1, 0.15) is 46.2 Å². The summed E-state index contributed by atoms with van der Waals surface area (Å²) in [6, 6.07) is 8.58. The maximum atomic E-state index is 9.79. The van der Waals surface area contributed by atoms with Gasteiger partial charge >= 0.3 is 0 Å². The standard InChI is InChI=1S/C25H32O4/c1-6-8-23(27)16-29-25-19(4)13-22(14-20(25)5)15-21-11-17(2)24(18(3)12-21)28-10-7-9-26/h1,11-14,23,26-27H,7-10,15-16H2,2-5H3. The number of aliphatic hydroxyl groups excluding tert-OH is 2. The summed E-state index contributed by atoms with van der Waals surface area (Å²) in [6.45, 7) is 9.01. The van der Waals surface area contributed by atoms with Gasteiger partial charge < -0.3 is 19.7 Å². The molecule has 0 aliphatic carbocycles. The van der Waals surface area contributed by atoms with Crippen molar-refractivity contribution in [2.75, 3.05) is 19.8 Å². The van der Waals surface area contributed by atoms with Crippen molar-refractivity contribution in [3.8, 4) is 23.8 Å². The van der Waals surface area contributed by atoms with Crippen molar-refractivity contribution in [2.24, 2.45) is 0 Å². The molecule has 4 heteroatoms. The van der Waals surface area contributed by atoms with Gasteiger partial charge in [-0.25, -0.2) is 0 Å². The van der Waals surface area contributed by atoms with E-state index in [2.05, 4.69) is 44.0 Å². The lowest BCUT2D eigenvalue weighted by atomic mass is 9.97. The van der Waals surface area contributed by atoms with Gasteiger partial charge in [-0.15, -0.1) is 12.3 Å². The molecule has 0 aliphatic heterocycles. The molecule has 1 atom stereocenters. The maximum absolute atomic E-state index is 9.79. The monoisotopic (exact) mass is 396 g/mol. The van der Waals surface area contributed by atoms with Crippen molar-refractivity contribution in [3.05, 3.63) is 57.6 Å². The first-order chi connectivity index (χ1) is 13.8. The Bertz CT molecular complexity index is 818. The van der Waals surface area contributed by atoms with Crippen molar-refractivity contribution >= 4 is 0 Å². The number of aryl methyl sites for hydroxylation is 4. The molecule has 0 bridgehead atoms. The Balaban J connectivity index is 2.13. The Kier molecular flexibility index (Phi) is 8.57. The fraction of sp³-hybridized carbons (Fsp3) is 0.440. The highest BCUT2D eigenvalue weighted by atomic mass is 16.5. The third-order valence-electron chi connectivity index (χ3n) is 4.77. The van der Waals surface area contributed by atoms with E-state index in [1.54, 1.807) is 0 Å². The number of ether oxygens (including phenoxy) is 2. The Labute approximate surface area is 174 Å². The van der Waals surface area contributed by atoms with E-state index in [4.69, 9.17) is 21.0 Å². The number of terminal acetylenes is 1. The van der Waals surface area contributed by atoms with Crippen molar-refractivity contribution in [1.82, 2.24) is 0 Å². The molecule has 0 saturated heterocycles. The zero-order chi connectivity index (χ0) is 21.4. The Hall–Kier alpha value is -2.48. The van der Waals surface area contributed by atoms with Crippen LogP contribution in [-0.2, 0) is 6.42 Å². The lowest BCUT2D eigenvalue weighted by molar-refractivity contribution is 0.111. The zero-order valence-electron chi connectivity index (χ0n) is 17.9. The molecule has 2 aromatic rings. The quantitative estimate of drug-likeness (QED) is 0.470. The highest BCUT2D eigenvalue weighted by Gasteiger charge is 2.12. The van der Waals surface area contributed by atoms with E-state index in [0.717, 1.165) is 40.2 Å². The van der Waals surface area contributed by atoms with Crippen LogP contribution < -0.4 is 9.47 Å². The summed E-state index contributed by atoms with van der Waals surface area (Å²) in [5, 5.41) is 18.7. The van der Waals surface area contributed by atoms with Crippen LogP contribution in [-0.4, -0.2) is 36.1 Å². The van der Waals surface area contributed by atoms with Crippen LogP contribution in [0.15, 0.2) is 24.3 Å². The minimum atomic E-state index is -0.650. The summed E-state index contributed by atoms with van der Waals surface area (Å²) >= 11 is 0. The third-order valence-corrected chi connectivity index (χ3v) is 4.77. The summed E-state index contributed by atoms with van der Waals surface area (Å²) < 4.78 is 11.6. The molecule has 0 heterocycles. The first-order valence-electron chi connectivity index (χ1n) is 10.0. The summed E-state index contributed by atoms with van der Waals surface area (Å²) in [5.74, 6) is 4.16. The predicted molar refractivity (Wildman–Crippen MR) is 117 cm³/mol. The van der Waals surface area contributed by atoms with E-state index < -0.39 is 6.10 Å². The number of hydrogen-bond acceptors (Lipinski definition) is 4. The lowest BCUT2D eigenvalue weighted by Gasteiger charge is -2.17. The molecular formula is C25H32O4. The Morgan fingerprint density at radius 3 is 1.83 bits per heavy atom. The molecule has 2 N–H and O–H groups in total. The van der Waals surface area contributed by atoms with Gasteiger partial charge in [-0.1, -0.05) is 24.3 Å². The molecule has 0 aliphatic rings. The molecule has 156 valence electrons. The van der Waals surface area contributed by atoms with E-state index in [9.17, 15) is 5.11 Å². The first-order valence-corrected chi connectivity index (χ1v) is 10.0. The van der Waals surface area contributed by atoms with E-state index in [-0.39, 0.29) is 19.6 Å². The van der Waals surface area contributed by atoms with Gasteiger partial charge in [0.15, 0.2) is 0 Å². The maximum Gasteiger partial charge on any atom is 0.125 e. The van der Waals surface area contributed by atoms with Crippen LogP contribution in [0, 0.1) is 40.0 Å². The zero-order valence-corrected chi connectivity index (χ0v) is 17.9. The minimum Gasteiger partial charge on any atom is -0.493 e.